The van der Waals surface area contributed by atoms with Crippen LogP contribution in [0.5, 0.6) is 0 Å². The maximum absolute atomic E-state index is 12.2. The highest BCUT2D eigenvalue weighted by Crippen LogP contribution is 2.61. The number of halogens is 9. The van der Waals surface area contributed by atoms with Crippen LogP contribution in [0.3, 0.4) is 0 Å². The molecule has 0 bridgehead atoms. The molecule has 0 aliphatic carbocycles. The molecule has 92 valence electrons. The van der Waals surface area contributed by atoms with E-state index in [2.05, 4.69) is 0 Å². The Labute approximate surface area is 80.9 Å². The van der Waals surface area contributed by atoms with Crippen molar-refractivity contribution in [1.29, 1.82) is 0 Å². The van der Waals surface area contributed by atoms with Crippen molar-refractivity contribution in [3.8, 4) is 0 Å². The third-order valence-electron chi connectivity index (χ3n) is 1.65. The van der Waals surface area contributed by atoms with Crippen LogP contribution in [-0.2, 0) is 0 Å². The van der Waals surface area contributed by atoms with Gasteiger partial charge in [-0.15, -0.1) is 0 Å². The molecule has 9 heteroatoms. The fourth-order valence-electron chi connectivity index (χ4n) is 0.907. The highest BCUT2D eigenvalue weighted by Gasteiger charge is 2.82. The van der Waals surface area contributed by atoms with Gasteiger partial charge in [-0.1, -0.05) is 6.92 Å². The Kier molecular flexibility index (Phi) is 2.50. The number of rotatable bonds is 1. The lowest BCUT2D eigenvalue weighted by molar-refractivity contribution is -0.427. The van der Waals surface area contributed by atoms with Crippen LogP contribution < -0.4 is 0 Å². The SMILES string of the molecule is [2H]C([2H])(C)C(C(F)(F)F)(C(F)(F)F)C(F)(F)F. The van der Waals surface area contributed by atoms with Crippen LogP contribution >= 0.6 is 0 Å². The summed E-state index contributed by atoms with van der Waals surface area (Å²) in [6.45, 7) is -0.415. The van der Waals surface area contributed by atoms with E-state index in [1.807, 2.05) is 0 Å². The molecule has 0 amide bonds. The molecule has 0 saturated carbocycles. The molecule has 0 aromatic rings. The fraction of sp³-hybridized carbons (Fsp3) is 1.00. The van der Waals surface area contributed by atoms with Gasteiger partial charge < -0.3 is 0 Å². The first-order chi connectivity index (χ1) is 7.00. The summed E-state index contributed by atoms with van der Waals surface area (Å²) in [5.41, 5.74) is -6.42. The van der Waals surface area contributed by atoms with Crippen molar-refractivity contribution in [2.45, 2.75) is 31.8 Å². The molecule has 0 fully saturated rings. The predicted molar refractivity (Wildman–Crippen MR) is 30.9 cm³/mol. The van der Waals surface area contributed by atoms with E-state index >= 15 is 0 Å². The molecular formula is C6H5F9. The van der Waals surface area contributed by atoms with Crippen molar-refractivity contribution in [2.75, 3.05) is 0 Å². The second-order valence-electron chi connectivity index (χ2n) is 2.49. The minimum Gasteiger partial charge on any atom is -0.170 e. The van der Waals surface area contributed by atoms with E-state index in [1.165, 1.54) is 0 Å². The zero-order valence-electron chi connectivity index (χ0n) is 8.90. The first-order valence-corrected chi connectivity index (χ1v) is 3.20. The van der Waals surface area contributed by atoms with E-state index in [-0.39, 0.29) is 0 Å². The summed E-state index contributed by atoms with van der Waals surface area (Å²) in [5.74, 6) is 0. The second-order valence-corrected chi connectivity index (χ2v) is 2.49. The topological polar surface area (TPSA) is 0 Å². The van der Waals surface area contributed by atoms with Gasteiger partial charge in [-0.3, -0.25) is 0 Å². The van der Waals surface area contributed by atoms with Gasteiger partial charge in [-0.05, 0) is 6.37 Å². The zero-order valence-corrected chi connectivity index (χ0v) is 6.90. The molecule has 0 radical (unpaired) electrons. The number of hydrogen-bond donors (Lipinski definition) is 0. The van der Waals surface area contributed by atoms with Crippen molar-refractivity contribution in [3.63, 3.8) is 0 Å². The van der Waals surface area contributed by atoms with Crippen LogP contribution in [0.2, 0.25) is 0 Å². The van der Waals surface area contributed by atoms with Gasteiger partial charge in [0.2, 0.25) is 0 Å². The Morgan fingerprint density at radius 2 is 0.933 bits per heavy atom. The van der Waals surface area contributed by atoms with Crippen molar-refractivity contribution in [3.05, 3.63) is 0 Å². The van der Waals surface area contributed by atoms with E-state index in [1.54, 1.807) is 0 Å². The molecule has 0 unspecified atom stereocenters. The number of alkyl halides is 9. The molecule has 0 aliphatic rings. The Morgan fingerprint density at radius 1 is 0.733 bits per heavy atom. The van der Waals surface area contributed by atoms with Crippen molar-refractivity contribution in [1.82, 2.24) is 0 Å². The highest BCUT2D eigenvalue weighted by atomic mass is 19.4. The minimum atomic E-state index is -6.86. The molecule has 0 heterocycles. The van der Waals surface area contributed by atoms with E-state index in [0.717, 1.165) is 0 Å². The van der Waals surface area contributed by atoms with Crippen LogP contribution in [0.1, 0.15) is 16.0 Å². The molecular weight excluding hydrogens is 243 g/mol. The van der Waals surface area contributed by atoms with Gasteiger partial charge in [-0.2, -0.15) is 39.5 Å². The summed E-state index contributed by atoms with van der Waals surface area (Å²) < 4.78 is 122. The van der Waals surface area contributed by atoms with Crippen LogP contribution in [0, 0.1) is 5.41 Å². The van der Waals surface area contributed by atoms with Gasteiger partial charge in [0.15, 0.2) is 0 Å². The smallest absolute Gasteiger partial charge is 0.170 e. The molecule has 0 atom stereocenters. The average molecular weight is 250 g/mol. The largest absolute Gasteiger partial charge is 0.412 e. The van der Waals surface area contributed by atoms with E-state index in [4.69, 9.17) is 2.74 Å². The van der Waals surface area contributed by atoms with Gasteiger partial charge in [-0.25, -0.2) is 0 Å². The van der Waals surface area contributed by atoms with Crippen molar-refractivity contribution < 1.29 is 42.3 Å². The van der Waals surface area contributed by atoms with Gasteiger partial charge in [0.25, 0.3) is 5.41 Å². The first-order valence-electron chi connectivity index (χ1n) is 4.20. The minimum absolute atomic E-state index is 0.415. The highest BCUT2D eigenvalue weighted by molar-refractivity contribution is 4.98. The van der Waals surface area contributed by atoms with Gasteiger partial charge in [0.05, 0.1) is 0 Å². The normalized spacial score (nSPS) is 18.5. The molecule has 0 nitrogen and oxygen atoms in total. The molecule has 0 rings (SSSR count). The molecule has 15 heavy (non-hydrogen) atoms. The lowest BCUT2D eigenvalue weighted by atomic mass is 9.82. The lowest BCUT2D eigenvalue weighted by Gasteiger charge is -2.37. The standard InChI is InChI=1S/C6H5F9/c1-2-3(4(7,8)9,5(10,11)12)6(13,14)15/h2H2,1H3/i2D2. The quantitative estimate of drug-likeness (QED) is 0.615. The maximum Gasteiger partial charge on any atom is 0.412 e. The summed E-state index contributed by atoms with van der Waals surface area (Å²) in [6, 6.07) is 0. The molecule has 0 N–H and O–H groups in total. The Hall–Kier alpha value is -0.630. The van der Waals surface area contributed by atoms with Crippen LogP contribution in [0.4, 0.5) is 39.5 Å². The maximum atomic E-state index is 12.2. The van der Waals surface area contributed by atoms with E-state index in [0.29, 0.717) is 0 Å². The first kappa shape index (κ1) is 10.9. The monoisotopic (exact) mass is 250 g/mol. The van der Waals surface area contributed by atoms with Gasteiger partial charge in [0.1, 0.15) is 0 Å². The molecule has 0 aromatic heterocycles. The number of hydrogen-bond acceptors (Lipinski definition) is 0. The van der Waals surface area contributed by atoms with E-state index < -0.39 is 37.2 Å². The van der Waals surface area contributed by atoms with Crippen LogP contribution in [0.25, 0.3) is 0 Å². The molecule has 0 aliphatic heterocycles. The third-order valence-corrected chi connectivity index (χ3v) is 1.65. The van der Waals surface area contributed by atoms with Crippen LogP contribution in [-0.4, -0.2) is 18.5 Å². The van der Waals surface area contributed by atoms with Gasteiger partial charge >= 0.3 is 18.5 Å². The average Bonchev–Trinajstić information content (AvgIpc) is 1.67. The fourth-order valence-corrected chi connectivity index (χ4v) is 0.907. The van der Waals surface area contributed by atoms with Crippen molar-refractivity contribution >= 4 is 0 Å². The predicted octanol–water partition coefficient (Wildman–Crippen LogP) is 4.07. The molecule has 0 saturated heterocycles. The zero-order chi connectivity index (χ0) is 14.5. The Morgan fingerprint density at radius 3 is 0.933 bits per heavy atom. The van der Waals surface area contributed by atoms with E-state index in [9.17, 15) is 39.5 Å². The summed E-state index contributed by atoms with van der Waals surface area (Å²) >= 11 is 0. The second kappa shape index (κ2) is 3.44. The summed E-state index contributed by atoms with van der Waals surface area (Å²) in [5, 5.41) is 0. The molecule has 0 aromatic carbocycles. The summed E-state index contributed by atoms with van der Waals surface area (Å²) in [6.07, 6.45) is -25.2. The summed E-state index contributed by atoms with van der Waals surface area (Å²) in [4.78, 5) is 0. The lowest BCUT2D eigenvalue weighted by Crippen LogP contribution is -2.59. The van der Waals surface area contributed by atoms with Crippen molar-refractivity contribution in [2.24, 2.45) is 5.41 Å². The van der Waals surface area contributed by atoms with Crippen LogP contribution in [0.15, 0.2) is 0 Å². The molecule has 0 spiro atoms. The Balaban J connectivity index is 6.37. The Bertz CT molecular complexity index is 216. The third kappa shape index (κ3) is 2.00. The summed E-state index contributed by atoms with van der Waals surface area (Å²) in [7, 11) is 0. The van der Waals surface area contributed by atoms with Gasteiger partial charge in [0, 0.05) is 2.74 Å².